The predicted octanol–water partition coefficient (Wildman–Crippen LogP) is -3.53. The summed E-state index contributed by atoms with van der Waals surface area (Å²) in [5.41, 5.74) is -0.910. The van der Waals surface area contributed by atoms with E-state index in [-0.39, 0.29) is 0 Å². The molecular formula is C28H44O19S. The van der Waals surface area contributed by atoms with Crippen molar-refractivity contribution < 1.29 is 92.4 Å². The van der Waals surface area contributed by atoms with Crippen LogP contribution >= 0.6 is 11.8 Å². The number of aliphatic hydroxyl groups is 6. The first-order valence-corrected chi connectivity index (χ1v) is 16.1. The van der Waals surface area contributed by atoms with E-state index in [0.29, 0.717) is 5.75 Å². The van der Waals surface area contributed by atoms with E-state index in [2.05, 4.69) is 0 Å². The van der Waals surface area contributed by atoms with E-state index in [1.165, 1.54) is 11.8 Å². The summed E-state index contributed by atoms with van der Waals surface area (Å²) in [5.74, 6) is -2.44. The minimum Gasteiger partial charge on any atom is -0.463 e. The molecule has 6 N–H and O–H groups in total. The fraction of sp³-hybridized carbons (Fsp3) is 0.857. The average molecular weight is 717 g/mol. The highest BCUT2D eigenvalue weighted by atomic mass is 32.2. The Bertz CT molecular complexity index is 1090. The Kier molecular flexibility index (Phi) is 15.2. The Hall–Kier alpha value is -2.21. The van der Waals surface area contributed by atoms with Crippen LogP contribution in [-0.4, -0.2) is 171 Å². The maximum atomic E-state index is 11.9. The van der Waals surface area contributed by atoms with Crippen LogP contribution in [0.25, 0.3) is 0 Å². The molecular weight excluding hydrogens is 672 g/mol. The maximum absolute atomic E-state index is 11.9. The summed E-state index contributed by atoms with van der Waals surface area (Å²) in [6.07, 6.45) is -23.1. The summed E-state index contributed by atoms with van der Waals surface area (Å²) in [5, 5.41) is 64.9. The molecule has 0 bridgehead atoms. The van der Waals surface area contributed by atoms with Crippen molar-refractivity contribution in [1.82, 2.24) is 0 Å². The second kappa shape index (κ2) is 18.2. The average Bonchev–Trinajstić information content (AvgIpc) is 3.01. The second-order valence-electron chi connectivity index (χ2n) is 11.2. The molecule has 0 amide bonds. The van der Waals surface area contributed by atoms with Gasteiger partial charge < -0.3 is 73.3 Å². The van der Waals surface area contributed by atoms with E-state index in [4.69, 9.17) is 42.6 Å². The number of carbonyl (C=O) groups excluding carboxylic acids is 4. The molecule has 48 heavy (non-hydrogen) atoms. The first-order valence-electron chi connectivity index (χ1n) is 15.1. The van der Waals surface area contributed by atoms with Crippen LogP contribution < -0.4 is 0 Å². The summed E-state index contributed by atoms with van der Waals surface area (Å²) >= 11 is 1.19. The molecule has 276 valence electrons. The lowest BCUT2D eigenvalue weighted by atomic mass is 9.96. The Balaban J connectivity index is 1.87. The summed E-state index contributed by atoms with van der Waals surface area (Å²) in [6, 6.07) is 0. The van der Waals surface area contributed by atoms with Crippen molar-refractivity contribution in [3.63, 3.8) is 0 Å². The number of hydrogen-bond donors (Lipinski definition) is 6. The number of carbonyl (C=O) groups is 4. The number of aliphatic hydroxyl groups excluding tert-OH is 6. The molecule has 3 rings (SSSR count). The molecule has 6 unspecified atom stereocenters. The topological polar surface area (TPSA) is 273 Å². The lowest BCUT2D eigenvalue weighted by Gasteiger charge is -2.48. The molecule has 0 aromatic heterocycles. The summed E-state index contributed by atoms with van der Waals surface area (Å²) in [7, 11) is 0. The van der Waals surface area contributed by atoms with Gasteiger partial charge >= 0.3 is 23.9 Å². The monoisotopic (exact) mass is 716 g/mol. The van der Waals surface area contributed by atoms with Crippen LogP contribution in [0.4, 0.5) is 0 Å². The van der Waals surface area contributed by atoms with Crippen LogP contribution in [0.5, 0.6) is 0 Å². The highest BCUT2D eigenvalue weighted by Gasteiger charge is 2.54. The number of ether oxygens (including phenoxy) is 9. The van der Waals surface area contributed by atoms with Gasteiger partial charge in [-0.2, -0.15) is 0 Å². The Morgan fingerprint density at radius 1 is 0.542 bits per heavy atom. The molecule has 3 heterocycles. The first-order chi connectivity index (χ1) is 22.5. The highest BCUT2D eigenvalue weighted by molar-refractivity contribution is 7.99. The van der Waals surface area contributed by atoms with E-state index < -0.39 is 135 Å². The van der Waals surface area contributed by atoms with E-state index in [1.807, 2.05) is 0 Å². The molecule has 0 aliphatic carbocycles. The van der Waals surface area contributed by atoms with Gasteiger partial charge in [0.2, 0.25) is 0 Å². The van der Waals surface area contributed by atoms with E-state index in [9.17, 15) is 49.8 Å². The quantitative estimate of drug-likeness (QED) is 0.0796. The van der Waals surface area contributed by atoms with Gasteiger partial charge in [0.05, 0.1) is 0 Å². The first kappa shape index (κ1) is 40.2. The van der Waals surface area contributed by atoms with Crippen molar-refractivity contribution in [3.8, 4) is 0 Å². The molecule has 3 saturated heterocycles. The maximum Gasteiger partial charge on any atom is 0.303 e. The standard InChI is InChI=1S/C28H44O19S/c1-6-48-28-25(42-13(5)32)22(38)24(16(45-28)9-41-12(4)31)47-27-21(37)19(35)23(15(44-27)8-40-11(3)30)46-26-20(36)18(34)17(33)14(43-26)7-39-10(2)29/h14-28,33-38H,6-9H2,1-5H3/t14?,15?,16?,17-,18?,19?,20+,21+,22?,23-,24-,25+,26+,27+,28+/m1/s1. The zero-order valence-corrected chi connectivity index (χ0v) is 27.7. The molecule has 15 atom stereocenters. The van der Waals surface area contributed by atoms with Crippen LogP contribution in [0.2, 0.25) is 0 Å². The fourth-order valence-corrected chi connectivity index (χ4v) is 6.16. The van der Waals surface area contributed by atoms with Crippen molar-refractivity contribution in [2.24, 2.45) is 0 Å². The van der Waals surface area contributed by atoms with Crippen LogP contribution in [0, 0.1) is 0 Å². The van der Waals surface area contributed by atoms with Gasteiger partial charge in [-0.15, -0.1) is 11.8 Å². The van der Waals surface area contributed by atoms with E-state index >= 15 is 0 Å². The molecule has 3 fully saturated rings. The third kappa shape index (κ3) is 10.4. The molecule has 3 aliphatic heterocycles. The number of hydrogen-bond acceptors (Lipinski definition) is 20. The zero-order chi connectivity index (χ0) is 35.9. The van der Waals surface area contributed by atoms with Crippen molar-refractivity contribution in [3.05, 3.63) is 0 Å². The van der Waals surface area contributed by atoms with E-state index in [0.717, 1.165) is 27.7 Å². The molecule has 0 spiro atoms. The van der Waals surface area contributed by atoms with E-state index in [1.54, 1.807) is 6.92 Å². The van der Waals surface area contributed by atoms with Gasteiger partial charge in [0, 0.05) is 27.7 Å². The van der Waals surface area contributed by atoms with Gasteiger partial charge in [-0.3, -0.25) is 19.2 Å². The minimum atomic E-state index is -1.98. The smallest absolute Gasteiger partial charge is 0.303 e. The number of thioether (sulfide) groups is 1. The minimum absolute atomic E-state index is 0.432. The Morgan fingerprint density at radius 2 is 0.979 bits per heavy atom. The van der Waals surface area contributed by atoms with Crippen LogP contribution in [0.15, 0.2) is 0 Å². The van der Waals surface area contributed by atoms with Gasteiger partial charge in [-0.1, -0.05) is 6.92 Å². The van der Waals surface area contributed by atoms with Crippen LogP contribution in [0.1, 0.15) is 34.6 Å². The number of rotatable bonds is 13. The predicted molar refractivity (Wildman–Crippen MR) is 155 cm³/mol. The molecule has 20 heteroatoms. The van der Waals surface area contributed by atoms with Crippen molar-refractivity contribution in [2.75, 3.05) is 25.6 Å². The Labute approximate surface area is 279 Å². The van der Waals surface area contributed by atoms with Gasteiger partial charge in [0.25, 0.3) is 0 Å². The molecule has 0 aromatic carbocycles. The fourth-order valence-electron chi connectivity index (χ4n) is 5.21. The van der Waals surface area contributed by atoms with Gasteiger partial charge in [0.15, 0.2) is 18.7 Å². The normalized spacial score (nSPS) is 40.0. The number of esters is 4. The molecule has 19 nitrogen and oxygen atoms in total. The largest absolute Gasteiger partial charge is 0.463 e. The molecule has 0 aromatic rings. The van der Waals surface area contributed by atoms with Gasteiger partial charge in [-0.05, 0) is 5.75 Å². The van der Waals surface area contributed by atoms with Gasteiger partial charge in [0.1, 0.15) is 92.4 Å². The van der Waals surface area contributed by atoms with Crippen LogP contribution in [0.3, 0.4) is 0 Å². The van der Waals surface area contributed by atoms with Crippen LogP contribution in [-0.2, 0) is 61.8 Å². The lowest BCUT2D eigenvalue weighted by molar-refractivity contribution is -0.371. The highest BCUT2D eigenvalue weighted by Crippen LogP contribution is 2.36. The molecule has 0 radical (unpaired) electrons. The summed E-state index contributed by atoms with van der Waals surface area (Å²) < 4.78 is 49.2. The third-order valence-electron chi connectivity index (χ3n) is 7.49. The molecule has 3 aliphatic rings. The lowest BCUT2D eigenvalue weighted by Crippen LogP contribution is -2.66. The Morgan fingerprint density at radius 3 is 1.46 bits per heavy atom. The SMILES string of the molecule is CCS[C@@H]1OC(COC(C)=O)[C@@H](O[C@@H]2OC(COC(C)=O)[C@@H](O[C@@H]3OC(COC(C)=O)[C@@H](O)C(O)[C@@H]3O)C(O)[C@@H]2O)C(O)[C@@H]1OC(C)=O. The summed E-state index contributed by atoms with van der Waals surface area (Å²) in [4.78, 5) is 46.4. The molecule has 0 saturated carbocycles. The van der Waals surface area contributed by atoms with Crippen molar-refractivity contribution in [2.45, 2.75) is 126 Å². The van der Waals surface area contributed by atoms with Gasteiger partial charge in [-0.25, -0.2) is 0 Å². The third-order valence-corrected chi connectivity index (χ3v) is 8.54. The summed E-state index contributed by atoms with van der Waals surface area (Å²) in [6.45, 7) is 4.66. The van der Waals surface area contributed by atoms with Crippen molar-refractivity contribution >= 4 is 35.6 Å². The van der Waals surface area contributed by atoms with Crippen molar-refractivity contribution in [1.29, 1.82) is 0 Å². The zero-order valence-electron chi connectivity index (χ0n) is 26.9. The second-order valence-corrected chi connectivity index (χ2v) is 12.6.